The molecule has 1 aliphatic rings. The highest BCUT2D eigenvalue weighted by atomic mass is 32.2. The van der Waals surface area contributed by atoms with Crippen LogP contribution in [0.15, 0.2) is 0 Å². The van der Waals surface area contributed by atoms with E-state index >= 15 is 0 Å². The third-order valence-electron chi connectivity index (χ3n) is 3.05. The van der Waals surface area contributed by atoms with Crippen LogP contribution in [0.2, 0.25) is 0 Å². The summed E-state index contributed by atoms with van der Waals surface area (Å²) in [5, 5.41) is 9.53. The van der Waals surface area contributed by atoms with E-state index in [1.807, 2.05) is 0 Å². The molecule has 0 aliphatic carbocycles. The van der Waals surface area contributed by atoms with Gasteiger partial charge in [0.05, 0.1) is 0 Å². The normalized spacial score (nSPS) is 23.6. The van der Waals surface area contributed by atoms with Gasteiger partial charge in [-0.2, -0.15) is 11.8 Å². The Bertz CT molecular complexity index is 164. The van der Waals surface area contributed by atoms with Crippen LogP contribution in [0.5, 0.6) is 0 Å². The number of unbranched alkanes of at least 4 members (excludes halogenated alkanes) is 2. The Balaban J connectivity index is 2.13. The molecule has 0 bridgehead atoms. The molecule has 0 radical (unpaired) electrons. The lowest BCUT2D eigenvalue weighted by Crippen LogP contribution is -2.40. The van der Waals surface area contributed by atoms with Gasteiger partial charge in [-0.05, 0) is 31.7 Å². The first-order chi connectivity index (χ1) is 7.24. The molecule has 1 saturated heterocycles. The molecule has 1 aliphatic heterocycles. The van der Waals surface area contributed by atoms with Crippen LogP contribution < -0.4 is 0 Å². The van der Waals surface area contributed by atoms with E-state index in [4.69, 9.17) is 5.11 Å². The van der Waals surface area contributed by atoms with Gasteiger partial charge in [-0.15, -0.1) is 0 Å². The number of rotatable bonds is 6. The van der Waals surface area contributed by atoms with Gasteiger partial charge in [-0.25, -0.2) is 0 Å². The lowest BCUT2D eigenvalue weighted by atomic mass is 10.1. The molecular weight excluding hydrogens is 206 g/mol. The summed E-state index contributed by atoms with van der Waals surface area (Å²) in [5.41, 5.74) is 0. The Morgan fingerprint density at radius 2 is 2.13 bits per heavy atom. The zero-order valence-electron chi connectivity index (χ0n) is 10.1. The van der Waals surface area contributed by atoms with Crippen LogP contribution in [-0.4, -0.2) is 47.3 Å². The number of thioether (sulfide) groups is 1. The van der Waals surface area contributed by atoms with Gasteiger partial charge in [0.2, 0.25) is 0 Å². The maximum Gasteiger partial charge on any atom is 0.0431 e. The molecule has 0 aromatic heterocycles. The van der Waals surface area contributed by atoms with Crippen LogP contribution >= 0.6 is 11.8 Å². The molecule has 1 N–H and O–H groups in total. The monoisotopic (exact) mass is 231 g/mol. The van der Waals surface area contributed by atoms with Gasteiger partial charge < -0.3 is 10.0 Å². The molecule has 0 saturated carbocycles. The van der Waals surface area contributed by atoms with Crippen molar-refractivity contribution in [3.8, 4) is 0 Å². The zero-order valence-corrected chi connectivity index (χ0v) is 10.9. The van der Waals surface area contributed by atoms with Crippen molar-refractivity contribution in [2.24, 2.45) is 5.92 Å². The van der Waals surface area contributed by atoms with Crippen molar-refractivity contribution in [3.05, 3.63) is 0 Å². The molecule has 1 rings (SSSR count). The fourth-order valence-corrected chi connectivity index (χ4v) is 3.33. The van der Waals surface area contributed by atoms with Crippen LogP contribution in [0.4, 0.5) is 0 Å². The molecule has 1 heterocycles. The summed E-state index contributed by atoms with van der Waals surface area (Å²) in [6, 6.07) is 0. The van der Waals surface area contributed by atoms with E-state index in [1.54, 1.807) is 0 Å². The van der Waals surface area contributed by atoms with Crippen molar-refractivity contribution in [2.75, 3.05) is 32.0 Å². The first kappa shape index (κ1) is 13.3. The first-order valence-electron chi connectivity index (χ1n) is 6.19. The van der Waals surface area contributed by atoms with Crippen LogP contribution in [0.1, 0.15) is 33.1 Å². The van der Waals surface area contributed by atoms with Crippen molar-refractivity contribution >= 4 is 11.8 Å². The average molecular weight is 231 g/mol. The average Bonchev–Trinajstić information content (AvgIpc) is 2.25. The van der Waals surface area contributed by atoms with Gasteiger partial charge in [0, 0.05) is 30.7 Å². The van der Waals surface area contributed by atoms with E-state index in [-0.39, 0.29) is 0 Å². The zero-order chi connectivity index (χ0) is 11.1. The summed E-state index contributed by atoms with van der Waals surface area (Å²) in [5.74, 6) is 2.10. The van der Waals surface area contributed by atoms with Gasteiger partial charge in [0.1, 0.15) is 0 Å². The minimum absolute atomic E-state index is 0.352. The van der Waals surface area contributed by atoms with Crippen molar-refractivity contribution in [1.82, 2.24) is 4.90 Å². The van der Waals surface area contributed by atoms with Crippen molar-refractivity contribution in [3.63, 3.8) is 0 Å². The fourth-order valence-electron chi connectivity index (χ4n) is 1.96. The molecule has 0 amide bonds. The number of aliphatic hydroxyl groups is 1. The van der Waals surface area contributed by atoms with E-state index in [2.05, 4.69) is 30.5 Å². The Hall–Kier alpha value is 0.270. The Labute approximate surface area is 98.4 Å². The molecule has 1 atom stereocenters. The van der Waals surface area contributed by atoms with Crippen molar-refractivity contribution in [1.29, 1.82) is 0 Å². The number of nitrogens with zero attached hydrogens (tertiary/aromatic N) is 1. The van der Waals surface area contributed by atoms with E-state index in [1.165, 1.54) is 38.2 Å². The Morgan fingerprint density at radius 3 is 2.80 bits per heavy atom. The largest absolute Gasteiger partial charge is 0.396 e. The number of aliphatic hydroxyl groups excluding tert-OH is 1. The highest BCUT2D eigenvalue weighted by Crippen LogP contribution is 2.24. The fraction of sp³-hybridized carbons (Fsp3) is 1.00. The molecule has 0 spiro atoms. The summed E-state index contributed by atoms with van der Waals surface area (Å²) < 4.78 is 0. The van der Waals surface area contributed by atoms with Gasteiger partial charge in [0.15, 0.2) is 0 Å². The molecule has 15 heavy (non-hydrogen) atoms. The second-order valence-electron chi connectivity index (χ2n) is 4.74. The van der Waals surface area contributed by atoms with Gasteiger partial charge >= 0.3 is 0 Å². The first-order valence-corrected chi connectivity index (χ1v) is 7.23. The topological polar surface area (TPSA) is 23.5 Å². The summed E-state index contributed by atoms with van der Waals surface area (Å²) in [7, 11) is 0. The quantitative estimate of drug-likeness (QED) is 0.709. The highest BCUT2D eigenvalue weighted by molar-refractivity contribution is 8.00. The third kappa shape index (κ3) is 5.23. The highest BCUT2D eigenvalue weighted by Gasteiger charge is 2.22. The minimum atomic E-state index is 0.352. The molecule has 0 aromatic carbocycles. The predicted molar refractivity (Wildman–Crippen MR) is 68.5 cm³/mol. The predicted octanol–water partition coefficient (Wildman–Crippen LogP) is 2.22. The second kappa shape index (κ2) is 7.53. The van der Waals surface area contributed by atoms with Gasteiger partial charge in [0.25, 0.3) is 0 Å². The molecule has 2 nitrogen and oxygen atoms in total. The molecule has 1 unspecified atom stereocenters. The van der Waals surface area contributed by atoms with Gasteiger partial charge in [-0.1, -0.05) is 13.8 Å². The van der Waals surface area contributed by atoms with Crippen LogP contribution in [0.25, 0.3) is 0 Å². The standard InChI is InChI=1S/C12H25NOS/c1-11(2)12-10-13(7-9-15-12)6-4-3-5-8-14/h11-12,14H,3-10H2,1-2H3. The smallest absolute Gasteiger partial charge is 0.0431 e. The molecule has 3 heteroatoms. The SMILES string of the molecule is CC(C)C1CN(CCCCCO)CCS1. The lowest BCUT2D eigenvalue weighted by molar-refractivity contribution is 0.249. The second-order valence-corrected chi connectivity index (χ2v) is 6.09. The van der Waals surface area contributed by atoms with Crippen molar-refractivity contribution < 1.29 is 5.11 Å². The number of hydrogen-bond acceptors (Lipinski definition) is 3. The van der Waals surface area contributed by atoms with Crippen LogP contribution in [0, 0.1) is 5.92 Å². The molecule has 1 fully saturated rings. The molecular formula is C12H25NOS. The van der Waals surface area contributed by atoms with Gasteiger partial charge in [-0.3, -0.25) is 0 Å². The van der Waals surface area contributed by atoms with Crippen LogP contribution in [0.3, 0.4) is 0 Å². The van der Waals surface area contributed by atoms with E-state index in [9.17, 15) is 0 Å². The number of hydrogen-bond donors (Lipinski definition) is 1. The van der Waals surface area contributed by atoms with E-state index < -0.39 is 0 Å². The Morgan fingerprint density at radius 1 is 1.33 bits per heavy atom. The summed E-state index contributed by atoms with van der Waals surface area (Å²) in [6.07, 6.45) is 3.39. The maximum atomic E-state index is 8.70. The summed E-state index contributed by atoms with van der Waals surface area (Å²) in [4.78, 5) is 2.60. The summed E-state index contributed by atoms with van der Waals surface area (Å²) >= 11 is 2.14. The molecule has 0 aromatic rings. The third-order valence-corrected chi connectivity index (χ3v) is 4.59. The van der Waals surface area contributed by atoms with Crippen LogP contribution in [-0.2, 0) is 0 Å². The maximum absolute atomic E-state index is 8.70. The minimum Gasteiger partial charge on any atom is -0.396 e. The van der Waals surface area contributed by atoms with E-state index in [0.717, 1.165) is 17.6 Å². The lowest BCUT2D eigenvalue weighted by Gasteiger charge is -2.34. The Kier molecular flexibility index (Phi) is 6.69. The molecule has 90 valence electrons. The van der Waals surface area contributed by atoms with E-state index in [0.29, 0.717) is 6.61 Å². The van der Waals surface area contributed by atoms with Crippen molar-refractivity contribution in [2.45, 2.75) is 38.4 Å². The summed E-state index contributed by atoms with van der Waals surface area (Å²) in [6.45, 7) is 8.75.